The minimum atomic E-state index is -0.122. The predicted octanol–water partition coefficient (Wildman–Crippen LogP) is 1.00. The van der Waals surface area contributed by atoms with E-state index in [0.29, 0.717) is 6.54 Å². The maximum absolute atomic E-state index is 12.1. The summed E-state index contributed by atoms with van der Waals surface area (Å²) in [6.07, 6.45) is 5.95. The van der Waals surface area contributed by atoms with Gasteiger partial charge in [0.1, 0.15) is 0 Å². The van der Waals surface area contributed by atoms with Gasteiger partial charge in [-0.3, -0.25) is 4.79 Å². The molecule has 5 nitrogen and oxygen atoms in total. The van der Waals surface area contributed by atoms with E-state index in [1.807, 2.05) is 24.3 Å². The van der Waals surface area contributed by atoms with Crippen molar-refractivity contribution in [3.05, 3.63) is 18.2 Å². The Morgan fingerprint density at radius 1 is 1.50 bits per heavy atom. The molecule has 2 rings (SSSR count). The lowest BCUT2D eigenvalue weighted by atomic mass is 10.3. The molecule has 2 heterocycles. The number of likely N-dealkylation sites (tertiary alicyclic amines) is 1. The SMILES string of the molecule is CCn1cncc1CNC(C)C(=O)N1CCCC1. The molecule has 1 atom stereocenters. The molecule has 0 spiro atoms. The van der Waals surface area contributed by atoms with Crippen molar-refractivity contribution in [1.29, 1.82) is 0 Å². The van der Waals surface area contributed by atoms with E-state index >= 15 is 0 Å². The van der Waals surface area contributed by atoms with Crippen molar-refractivity contribution in [2.75, 3.05) is 13.1 Å². The van der Waals surface area contributed by atoms with Crippen molar-refractivity contribution in [2.45, 2.75) is 45.8 Å². The Hall–Kier alpha value is -1.36. The van der Waals surface area contributed by atoms with Crippen LogP contribution in [0.4, 0.5) is 0 Å². The highest BCUT2D eigenvalue weighted by Crippen LogP contribution is 2.09. The van der Waals surface area contributed by atoms with Gasteiger partial charge in [0.05, 0.1) is 18.1 Å². The third kappa shape index (κ3) is 2.90. The van der Waals surface area contributed by atoms with Crippen LogP contribution in [0.3, 0.4) is 0 Å². The van der Waals surface area contributed by atoms with Crippen molar-refractivity contribution in [3.63, 3.8) is 0 Å². The van der Waals surface area contributed by atoms with Crippen LogP contribution in [0.15, 0.2) is 12.5 Å². The molecule has 1 N–H and O–H groups in total. The Labute approximate surface area is 108 Å². The van der Waals surface area contributed by atoms with Crippen molar-refractivity contribution in [2.24, 2.45) is 0 Å². The number of nitrogens with one attached hydrogen (secondary N) is 1. The van der Waals surface area contributed by atoms with Gasteiger partial charge in [-0.25, -0.2) is 4.98 Å². The van der Waals surface area contributed by atoms with Gasteiger partial charge in [0, 0.05) is 32.4 Å². The number of nitrogens with zero attached hydrogens (tertiary/aromatic N) is 3. The highest BCUT2D eigenvalue weighted by molar-refractivity contribution is 5.81. The highest BCUT2D eigenvalue weighted by Gasteiger charge is 2.22. The first-order valence-corrected chi connectivity index (χ1v) is 6.73. The summed E-state index contributed by atoms with van der Waals surface area (Å²) in [5, 5.41) is 3.28. The molecule has 1 aliphatic rings. The van der Waals surface area contributed by atoms with Crippen molar-refractivity contribution < 1.29 is 4.79 Å². The molecular formula is C13H22N4O. The fourth-order valence-corrected chi connectivity index (χ4v) is 2.34. The Bertz CT molecular complexity index is 395. The van der Waals surface area contributed by atoms with E-state index in [2.05, 4.69) is 21.8 Å². The number of rotatable bonds is 5. The van der Waals surface area contributed by atoms with Gasteiger partial charge < -0.3 is 14.8 Å². The van der Waals surface area contributed by atoms with Crippen LogP contribution in [0.25, 0.3) is 0 Å². The summed E-state index contributed by atoms with van der Waals surface area (Å²) in [5.74, 6) is 0.218. The first-order chi connectivity index (χ1) is 8.72. The van der Waals surface area contributed by atoms with Crippen LogP contribution < -0.4 is 5.32 Å². The van der Waals surface area contributed by atoms with Crippen molar-refractivity contribution >= 4 is 5.91 Å². The fourth-order valence-electron chi connectivity index (χ4n) is 2.34. The van der Waals surface area contributed by atoms with Crippen LogP contribution in [0.1, 0.15) is 32.4 Å². The third-order valence-electron chi connectivity index (χ3n) is 3.52. The molecule has 0 bridgehead atoms. The molecule has 1 aromatic heterocycles. The Balaban J connectivity index is 1.84. The zero-order valence-electron chi connectivity index (χ0n) is 11.2. The van der Waals surface area contributed by atoms with Crippen LogP contribution in [-0.4, -0.2) is 39.5 Å². The van der Waals surface area contributed by atoms with Gasteiger partial charge >= 0.3 is 0 Å². The molecule has 1 amide bonds. The van der Waals surface area contributed by atoms with Gasteiger partial charge in [0.15, 0.2) is 0 Å². The lowest BCUT2D eigenvalue weighted by Crippen LogP contribution is -2.43. The first kappa shape index (κ1) is 13.1. The second-order valence-electron chi connectivity index (χ2n) is 4.81. The van der Waals surface area contributed by atoms with E-state index in [0.717, 1.165) is 38.2 Å². The average molecular weight is 250 g/mol. The number of amides is 1. The smallest absolute Gasteiger partial charge is 0.239 e. The molecular weight excluding hydrogens is 228 g/mol. The quantitative estimate of drug-likeness (QED) is 0.848. The molecule has 1 fully saturated rings. The van der Waals surface area contributed by atoms with Gasteiger partial charge in [-0.05, 0) is 26.7 Å². The average Bonchev–Trinajstić information content (AvgIpc) is 3.05. The zero-order valence-corrected chi connectivity index (χ0v) is 11.2. The standard InChI is InChI=1S/C13H22N4O/c1-3-16-10-14-8-12(16)9-15-11(2)13(18)17-6-4-5-7-17/h8,10-11,15H,3-7,9H2,1-2H3. The first-order valence-electron chi connectivity index (χ1n) is 6.73. The number of hydrogen-bond donors (Lipinski definition) is 1. The van der Waals surface area contributed by atoms with E-state index < -0.39 is 0 Å². The zero-order chi connectivity index (χ0) is 13.0. The lowest BCUT2D eigenvalue weighted by Gasteiger charge is -2.21. The summed E-state index contributed by atoms with van der Waals surface area (Å²) in [7, 11) is 0. The van der Waals surface area contributed by atoms with Gasteiger partial charge in [0.2, 0.25) is 5.91 Å². The normalized spacial score (nSPS) is 17.1. The topological polar surface area (TPSA) is 50.2 Å². The van der Waals surface area contributed by atoms with E-state index in [1.54, 1.807) is 0 Å². The summed E-state index contributed by atoms with van der Waals surface area (Å²) >= 11 is 0. The van der Waals surface area contributed by atoms with Crippen LogP contribution in [0, 0.1) is 0 Å². The number of aromatic nitrogens is 2. The second-order valence-corrected chi connectivity index (χ2v) is 4.81. The summed E-state index contributed by atoms with van der Waals surface area (Å²) in [4.78, 5) is 18.2. The molecule has 0 saturated carbocycles. The Kier molecular flexibility index (Phi) is 4.36. The predicted molar refractivity (Wildman–Crippen MR) is 70.0 cm³/mol. The summed E-state index contributed by atoms with van der Waals surface area (Å²) < 4.78 is 2.08. The van der Waals surface area contributed by atoms with Crippen molar-refractivity contribution in [1.82, 2.24) is 19.8 Å². The second kappa shape index (κ2) is 6.00. The van der Waals surface area contributed by atoms with Gasteiger partial charge in [-0.1, -0.05) is 0 Å². The summed E-state index contributed by atoms with van der Waals surface area (Å²) in [6, 6.07) is -0.122. The van der Waals surface area contributed by atoms with Gasteiger partial charge in [-0.2, -0.15) is 0 Å². The van der Waals surface area contributed by atoms with Crippen molar-refractivity contribution in [3.8, 4) is 0 Å². The third-order valence-corrected chi connectivity index (χ3v) is 3.52. The van der Waals surface area contributed by atoms with Gasteiger partial charge in [-0.15, -0.1) is 0 Å². The van der Waals surface area contributed by atoms with Gasteiger partial charge in [0.25, 0.3) is 0 Å². The monoisotopic (exact) mass is 250 g/mol. The van der Waals surface area contributed by atoms with E-state index in [1.165, 1.54) is 0 Å². The Morgan fingerprint density at radius 3 is 2.89 bits per heavy atom. The minimum Gasteiger partial charge on any atom is -0.341 e. The van der Waals surface area contributed by atoms with E-state index in [9.17, 15) is 4.79 Å². The molecule has 0 aliphatic carbocycles. The number of aryl methyl sites for hydroxylation is 1. The number of carbonyl (C=O) groups is 1. The van der Waals surface area contributed by atoms with Crippen LogP contribution in [0.5, 0.6) is 0 Å². The maximum atomic E-state index is 12.1. The highest BCUT2D eigenvalue weighted by atomic mass is 16.2. The molecule has 0 aromatic carbocycles. The number of hydrogen-bond acceptors (Lipinski definition) is 3. The molecule has 18 heavy (non-hydrogen) atoms. The summed E-state index contributed by atoms with van der Waals surface area (Å²) in [6.45, 7) is 7.45. The number of imidazole rings is 1. The Morgan fingerprint density at radius 2 is 2.22 bits per heavy atom. The van der Waals surface area contributed by atoms with E-state index in [4.69, 9.17) is 0 Å². The molecule has 100 valence electrons. The van der Waals surface area contributed by atoms with E-state index in [-0.39, 0.29) is 11.9 Å². The van der Waals surface area contributed by atoms with Crippen LogP contribution in [-0.2, 0) is 17.9 Å². The largest absolute Gasteiger partial charge is 0.341 e. The fraction of sp³-hybridized carbons (Fsp3) is 0.692. The van der Waals surface area contributed by atoms with Crippen LogP contribution in [0.2, 0.25) is 0 Å². The molecule has 1 aromatic rings. The molecule has 1 unspecified atom stereocenters. The van der Waals surface area contributed by atoms with Crippen LogP contribution >= 0.6 is 0 Å². The maximum Gasteiger partial charge on any atom is 0.239 e. The minimum absolute atomic E-state index is 0.122. The molecule has 5 heteroatoms. The molecule has 1 aliphatic heterocycles. The lowest BCUT2D eigenvalue weighted by molar-refractivity contribution is -0.132. The molecule has 0 radical (unpaired) electrons. The number of carbonyl (C=O) groups excluding carboxylic acids is 1. The summed E-state index contributed by atoms with van der Waals surface area (Å²) in [5.41, 5.74) is 1.12. The molecule has 1 saturated heterocycles.